The van der Waals surface area contributed by atoms with Crippen molar-refractivity contribution in [1.29, 1.82) is 0 Å². The van der Waals surface area contributed by atoms with Crippen LogP contribution in [-0.2, 0) is 6.42 Å². The van der Waals surface area contributed by atoms with Crippen LogP contribution in [0.15, 0.2) is 28.1 Å². The Morgan fingerprint density at radius 1 is 1.26 bits per heavy atom. The van der Waals surface area contributed by atoms with Crippen molar-refractivity contribution >= 4 is 17.2 Å². The molecule has 0 unspecified atom stereocenters. The zero-order valence-electron chi connectivity index (χ0n) is 10.2. The molecule has 0 saturated carbocycles. The standard InChI is InChI=1S/C12H11N5OS/c1-7-14-8(6-19-7)5-11-16-12(18-17-11)9-3-2-4-10(13)15-9/h2-4,6H,5H2,1H3,(H2,13,15). The zero-order valence-corrected chi connectivity index (χ0v) is 11.0. The summed E-state index contributed by atoms with van der Waals surface area (Å²) in [5.41, 5.74) is 7.14. The van der Waals surface area contributed by atoms with Crippen LogP contribution in [0.25, 0.3) is 11.6 Å². The molecular formula is C12H11N5OS. The number of nitrogen functional groups attached to an aromatic ring is 1. The number of aryl methyl sites for hydroxylation is 1. The van der Waals surface area contributed by atoms with Crippen molar-refractivity contribution in [2.75, 3.05) is 5.73 Å². The van der Waals surface area contributed by atoms with E-state index in [0.29, 0.717) is 29.6 Å². The van der Waals surface area contributed by atoms with E-state index in [1.54, 1.807) is 29.5 Å². The first-order chi connectivity index (χ1) is 9.20. The predicted octanol–water partition coefficient (Wildman–Crippen LogP) is 2.07. The van der Waals surface area contributed by atoms with Gasteiger partial charge in [0.05, 0.1) is 17.1 Å². The van der Waals surface area contributed by atoms with Crippen LogP contribution >= 0.6 is 11.3 Å². The third-order valence-corrected chi connectivity index (χ3v) is 3.29. The molecule has 0 radical (unpaired) electrons. The Bertz CT molecular complexity index is 705. The SMILES string of the molecule is Cc1nc(Cc2noc(-c3cccc(N)n3)n2)cs1. The molecule has 0 aliphatic rings. The quantitative estimate of drug-likeness (QED) is 0.785. The molecule has 0 amide bonds. The second-order valence-corrected chi connectivity index (χ2v) is 5.06. The summed E-state index contributed by atoms with van der Waals surface area (Å²) in [6.07, 6.45) is 0.552. The van der Waals surface area contributed by atoms with E-state index in [4.69, 9.17) is 10.3 Å². The van der Waals surface area contributed by atoms with Gasteiger partial charge in [-0.25, -0.2) is 9.97 Å². The van der Waals surface area contributed by atoms with Gasteiger partial charge in [0, 0.05) is 5.38 Å². The van der Waals surface area contributed by atoms with Crippen molar-refractivity contribution < 1.29 is 4.52 Å². The summed E-state index contributed by atoms with van der Waals surface area (Å²) in [4.78, 5) is 12.8. The average molecular weight is 273 g/mol. The Morgan fingerprint density at radius 3 is 2.89 bits per heavy atom. The molecule has 19 heavy (non-hydrogen) atoms. The molecule has 3 heterocycles. The van der Waals surface area contributed by atoms with E-state index >= 15 is 0 Å². The molecule has 2 N–H and O–H groups in total. The molecule has 0 aliphatic carbocycles. The minimum absolute atomic E-state index is 0.370. The number of anilines is 1. The van der Waals surface area contributed by atoms with Crippen LogP contribution in [0.3, 0.4) is 0 Å². The van der Waals surface area contributed by atoms with E-state index in [-0.39, 0.29) is 0 Å². The van der Waals surface area contributed by atoms with Gasteiger partial charge in [-0.05, 0) is 19.1 Å². The number of aromatic nitrogens is 4. The number of hydrogen-bond acceptors (Lipinski definition) is 7. The van der Waals surface area contributed by atoms with Gasteiger partial charge >= 0.3 is 0 Å². The van der Waals surface area contributed by atoms with E-state index in [1.165, 1.54) is 0 Å². The smallest absolute Gasteiger partial charge is 0.276 e. The number of rotatable bonds is 3. The molecule has 3 rings (SSSR count). The zero-order chi connectivity index (χ0) is 13.2. The minimum Gasteiger partial charge on any atom is -0.384 e. The van der Waals surface area contributed by atoms with E-state index < -0.39 is 0 Å². The Labute approximate surface area is 113 Å². The number of nitrogens with two attached hydrogens (primary N) is 1. The highest BCUT2D eigenvalue weighted by Crippen LogP contribution is 2.17. The topological polar surface area (TPSA) is 90.7 Å². The summed E-state index contributed by atoms with van der Waals surface area (Å²) in [7, 11) is 0. The van der Waals surface area contributed by atoms with Gasteiger partial charge < -0.3 is 10.3 Å². The Hall–Kier alpha value is -2.28. The lowest BCUT2D eigenvalue weighted by Crippen LogP contribution is -1.93. The highest BCUT2D eigenvalue weighted by atomic mass is 32.1. The molecule has 0 bridgehead atoms. The molecule has 0 atom stereocenters. The Balaban J connectivity index is 1.83. The van der Waals surface area contributed by atoms with Gasteiger partial charge in [-0.2, -0.15) is 4.98 Å². The summed E-state index contributed by atoms with van der Waals surface area (Å²) in [6, 6.07) is 5.28. The highest BCUT2D eigenvalue weighted by molar-refractivity contribution is 7.09. The summed E-state index contributed by atoms with van der Waals surface area (Å²) in [6.45, 7) is 1.96. The van der Waals surface area contributed by atoms with Crippen molar-refractivity contribution in [2.45, 2.75) is 13.3 Å². The van der Waals surface area contributed by atoms with Crippen molar-refractivity contribution in [1.82, 2.24) is 20.1 Å². The van der Waals surface area contributed by atoms with Crippen LogP contribution < -0.4 is 5.73 Å². The molecule has 7 heteroatoms. The maximum Gasteiger partial charge on any atom is 0.276 e. The number of nitrogens with zero attached hydrogens (tertiary/aromatic N) is 4. The van der Waals surface area contributed by atoms with Gasteiger partial charge in [0.1, 0.15) is 11.5 Å². The number of pyridine rings is 1. The summed E-state index contributed by atoms with van der Waals surface area (Å²) >= 11 is 1.60. The summed E-state index contributed by atoms with van der Waals surface area (Å²) in [5, 5.41) is 6.94. The van der Waals surface area contributed by atoms with E-state index in [2.05, 4.69) is 20.1 Å². The lowest BCUT2D eigenvalue weighted by Gasteiger charge is -1.94. The Morgan fingerprint density at radius 2 is 2.16 bits per heavy atom. The predicted molar refractivity (Wildman–Crippen MR) is 71.6 cm³/mol. The van der Waals surface area contributed by atoms with Crippen molar-refractivity contribution in [3.63, 3.8) is 0 Å². The fourth-order valence-electron chi connectivity index (χ4n) is 1.65. The lowest BCUT2D eigenvalue weighted by molar-refractivity contribution is 0.422. The van der Waals surface area contributed by atoms with Gasteiger partial charge in [-0.1, -0.05) is 11.2 Å². The van der Waals surface area contributed by atoms with Crippen LogP contribution in [-0.4, -0.2) is 20.1 Å². The molecule has 0 spiro atoms. The molecule has 96 valence electrons. The minimum atomic E-state index is 0.370. The number of thiazole rings is 1. The summed E-state index contributed by atoms with van der Waals surface area (Å²) in [5.74, 6) is 1.38. The molecule has 0 aliphatic heterocycles. The molecule has 0 saturated heterocycles. The maximum absolute atomic E-state index is 5.62. The average Bonchev–Trinajstić information content (AvgIpc) is 2.99. The van der Waals surface area contributed by atoms with E-state index in [0.717, 1.165) is 10.7 Å². The Kier molecular flexibility index (Phi) is 2.96. The first-order valence-corrected chi connectivity index (χ1v) is 6.55. The molecule has 3 aromatic rings. The molecule has 6 nitrogen and oxygen atoms in total. The maximum atomic E-state index is 5.62. The van der Waals surface area contributed by atoms with Crippen molar-refractivity contribution in [3.8, 4) is 11.6 Å². The highest BCUT2D eigenvalue weighted by Gasteiger charge is 2.11. The van der Waals surface area contributed by atoms with E-state index in [1.807, 2.05) is 12.3 Å². The van der Waals surface area contributed by atoms with Crippen LogP contribution in [0.2, 0.25) is 0 Å². The first-order valence-electron chi connectivity index (χ1n) is 5.67. The monoisotopic (exact) mass is 273 g/mol. The molecule has 0 fully saturated rings. The number of hydrogen-bond donors (Lipinski definition) is 1. The molecule has 0 aromatic carbocycles. The fraction of sp³-hybridized carbons (Fsp3) is 0.167. The summed E-state index contributed by atoms with van der Waals surface area (Å²) < 4.78 is 5.18. The van der Waals surface area contributed by atoms with Gasteiger partial charge in [-0.3, -0.25) is 0 Å². The third kappa shape index (κ3) is 2.60. The molecule has 3 aromatic heterocycles. The van der Waals surface area contributed by atoms with Gasteiger partial charge in [-0.15, -0.1) is 11.3 Å². The normalized spacial score (nSPS) is 10.8. The second kappa shape index (κ2) is 4.77. The van der Waals surface area contributed by atoms with Crippen LogP contribution in [0, 0.1) is 6.92 Å². The van der Waals surface area contributed by atoms with Crippen molar-refractivity contribution in [3.05, 3.63) is 40.1 Å². The van der Waals surface area contributed by atoms with Crippen LogP contribution in [0.1, 0.15) is 16.5 Å². The van der Waals surface area contributed by atoms with Gasteiger partial charge in [0.25, 0.3) is 5.89 Å². The van der Waals surface area contributed by atoms with Crippen molar-refractivity contribution in [2.24, 2.45) is 0 Å². The van der Waals surface area contributed by atoms with Gasteiger partial charge in [0.15, 0.2) is 5.82 Å². The van der Waals surface area contributed by atoms with Gasteiger partial charge in [0.2, 0.25) is 0 Å². The molecular weight excluding hydrogens is 262 g/mol. The fourth-order valence-corrected chi connectivity index (χ4v) is 2.26. The third-order valence-electron chi connectivity index (χ3n) is 2.46. The van der Waals surface area contributed by atoms with Crippen LogP contribution in [0.4, 0.5) is 5.82 Å². The lowest BCUT2D eigenvalue weighted by atomic mass is 10.3. The second-order valence-electron chi connectivity index (χ2n) is 4.00. The van der Waals surface area contributed by atoms with Crippen LogP contribution in [0.5, 0.6) is 0 Å². The largest absolute Gasteiger partial charge is 0.384 e. The van der Waals surface area contributed by atoms with E-state index in [9.17, 15) is 0 Å². The first kappa shape index (κ1) is 11.8.